The van der Waals surface area contributed by atoms with Crippen LogP contribution in [0.3, 0.4) is 0 Å². The Bertz CT molecular complexity index is 1100. The standard InChI is InChI=1S/C24H26FN5O2.HI/c1-2-26-24(28-14-17-13-22(31)30-21-6-4-3-5-20(17)21)27-12-11-19-15-32-23(29-19)16-7-9-18(25)10-8-16;/h3-10,15,17H,2,11-14H2,1H3,(H,30,31)(H2,26,27,28);1H. The van der Waals surface area contributed by atoms with Crippen LogP contribution in [0.5, 0.6) is 0 Å². The van der Waals surface area contributed by atoms with Gasteiger partial charge in [-0.05, 0) is 42.8 Å². The highest BCUT2D eigenvalue weighted by Crippen LogP contribution is 2.32. The number of guanidine groups is 1. The second kappa shape index (κ2) is 11.8. The largest absolute Gasteiger partial charge is 0.444 e. The summed E-state index contributed by atoms with van der Waals surface area (Å²) in [7, 11) is 0. The smallest absolute Gasteiger partial charge is 0.226 e. The molecule has 1 atom stereocenters. The number of oxazole rings is 1. The predicted octanol–water partition coefficient (Wildman–Crippen LogP) is 4.32. The van der Waals surface area contributed by atoms with E-state index in [0.717, 1.165) is 29.1 Å². The molecular weight excluding hydrogens is 536 g/mol. The molecule has 0 saturated heterocycles. The van der Waals surface area contributed by atoms with Crippen LogP contribution in [0.4, 0.5) is 10.1 Å². The van der Waals surface area contributed by atoms with E-state index in [1.165, 1.54) is 12.1 Å². The average molecular weight is 563 g/mol. The number of rotatable bonds is 7. The molecule has 1 aromatic heterocycles. The zero-order valence-corrected chi connectivity index (χ0v) is 20.6. The van der Waals surface area contributed by atoms with Gasteiger partial charge in [-0.2, -0.15) is 0 Å². The number of benzene rings is 2. The van der Waals surface area contributed by atoms with E-state index in [0.29, 0.717) is 37.8 Å². The summed E-state index contributed by atoms with van der Waals surface area (Å²) in [5, 5.41) is 9.47. The monoisotopic (exact) mass is 563 g/mol. The summed E-state index contributed by atoms with van der Waals surface area (Å²) in [4.78, 5) is 21.2. The van der Waals surface area contributed by atoms with E-state index < -0.39 is 0 Å². The molecule has 3 N–H and O–H groups in total. The summed E-state index contributed by atoms with van der Waals surface area (Å²) in [6.07, 6.45) is 2.68. The number of fused-ring (bicyclic) bond motifs is 1. The molecule has 4 rings (SSSR count). The second-order valence-corrected chi connectivity index (χ2v) is 7.58. The van der Waals surface area contributed by atoms with Crippen molar-refractivity contribution in [1.82, 2.24) is 15.6 Å². The van der Waals surface area contributed by atoms with Gasteiger partial charge in [0.25, 0.3) is 0 Å². The number of halogens is 2. The molecule has 3 aromatic rings. The molecular formula is C24H27FIN5O2. The average Bonchev–Trinajstić information content (AvgIpc) is 3.26. The Morgan fingerprint density at radius 1 is 1.21 bits per heavy atom. The molecule has 0 radical (unpaired) electrons. The SMILES string of the molecule is CCNC(=NCC1CC(=O)Nc2ccccc21)NCCc1coc(-c2ccc(F)cc2)n1.I. The van der Waals surface area contributed by atoms with Gasteiger partial charge in [-0.25, -0.2) is 9.37 Å². The Hall–Kier alpha value is -2.95. The maximum atomic E-state index is 13.1. The normalized spacial score (nSPS) is 15.3. The van der Waals surface area contributed by atoms with Crippen molar-refractivity contribution < 1.29 is 13.6 Å². The van der Waals surface area contributed by atoms with Crippen LogP contribution in [0.15, 0.2) is 64.2 Å². The van der Waals surface area contributed by atoms with Crippen molar-refractivity contribution in [3.05, 3.63) is 71.9 Å². The lowest BCUT2D eigenvalue weighted by Gasteiger charge is -2.24. The van der Waals surface area contributed by atoms with E-state index >= 15 is 0 Å². The van der Waals surface area contributed by atoms with Gasteiger partial charge in [0.05, 0.1) is 12.2 Å². The van der Waals surface area contributed by atoms with Gasteiger partial charge < -0.3 is 20.4 Å². The van der Waals surface area contributed by atoms with Crippen molar-refractivity contribution in [3.8, 4) is 11.5 Å². The van der Waals surface area contributed by atoms with Crippen LogP contribution in [0.2, 0.25) is 0 Å². The van der Waals surface area contributed by atoms with Gasteiger partial charge in [0.2, 0.25) is 11.8 Å². The molecule has 0 aliphatic carbocycles. The first-order valence-corrected chi connectivity index (χ1v) is 10.7. The maximum Gasteiger partial charge on any atom is 0.226 e. The van der Waals surface area contributed by atoms with Crippen LogP contribution < -0.4 is 16.0 Å². The number of carbonyl (C=O) groups is 1. The van der Waals surface area contributed by atoms with Gasteiger partial charge in [0, 0.05) is 43.1 Å². The van der Waals surface area contributed by atoms with Crippen LogP contribution in [0.1, 0.15) is 30.5 Å². The highest BCUT2D eigenvalue weighted by atomic mass is 127. The van der Waals surface area contributed by atoms with E-state index in [1.54, 1.807) is 18.4 Å². The molecule has 0 saturated carbocycles. The summed E-state index contributed by atoms with van der Waals surface area (Å²) in [5.74, 6) is 0.930. The summed E-state index contributed by atoms with van der Waals surface area (Å²) in [6.45, 7) is 3.86. The first kappa shape index (κ1) is 24.7. The van der Waals surface area contributed by atoms with E-state index in [4.69, 9.17) is 9.41 Å². The Balaban J connectivity index is 0.00000306. The third-order valence-electron chi connectivity index (χ3n) is 5.24. The number of aliphatic imine (C=N–C) groups is 1. The molecule has 0 fully saturated rings. The first-order chi connectivity index (χ1) is 15.6. The van der Waals surface area contributed by atoms with Gasteiger partial charge >= 0.3 is 0 Å². The Morgan fingerprint density at radius 3 is 2.79 bits per heavy atom. The fourth-order valence-corrected chi connectivity index (χ4v) is 3.66. The van der Waals surface area contributed by atoms with E-state index in [2.05, 4.69) is 20.9 Å². The number of para-hydroxylation sites is 1. The van der Waals surface area contributed by atoms with Crippen molar-refractivity contribution >= 4 is 41.5 Å². The highest BCUT2D eigenvalue weighted by molar-refractivity contribution is 14.0. The Kier molecular flexibility index (Phi) is 8.81. The number of amides is 1. The van der Waals surface area contributed by atoms with Gasteiger partial charge in [-0.3, -0.25) is 9.79 Å². The van der Waals surface area contributed by atoms with Crippen LogP contribution >= 0.6 is 24.0 Å². The minimum absolute atomic E-state index is 0. The quantitative estimate of drug-likeness (QED) is 0.226. The number of anilines is 1. The molecule has 33 heavy (non-hydrogen) atoms. The third-order valence-corrected chi connectivity index (χ3v) is 5.24. The van der Waals surface area contributed by atoms with Crippen molar-refractivity contribution in [2.24, 2.45) is 4.99 Å². The highest BCUT2D eigenvalue weighted by Gasteiger charge is 2.24. The van der Waals surface area contributed by atoms with Crippen molar-refractivity contribution in [3.63, 3.8) is 0 Å². The lowest BCUT2D eigenvalue weighted by atomic mass is 9.91. The molecule has 174 valence electrons. The molecule has 2 aromatic carbocycles. The molecule has 1 aliphatic heterocycles. The van der Waals surface area contributed by atoms with Crippen molar-refractivity contribution in [2.75, 3.05) is 25.0 Å². The zero-order chi connectivity index (χ0) is 22.3. The summed E-state index contributed by atoms with van der Waals surface area (Å²) >= 11 is 0. The number of hydrogen-bond acceptors (Lipinski definition) is 4. The lowest BCUT2D eigenvalue weighted by Crippen LogP contribution is -2.39. The number of carbonyl (C=O) groups excluding carboxylic acids is 1. The number of nitrogens with one attached hydrogen (secondary N) is 3. The summed E-state index contributed by atoms with van der Waals surface area (Å²) in [6, 6.07) is 13.9. The van der Waals surface area contributed by atoms with Crippen LogP contribution in [0, 0.1) is 5.82 Å². The topological polar surface area (TPSA) is 91.5 Å². The van der Waals surface area contributed by atoms with Gasteiger partial charge in [-0.1, -0.05) is 18.2 Å². The van der Waals surface area contributed by atoms with Crippen LogP contribution in [-0.2, 0) is 11.2 Å². The molecule has 9 heteroatoms. The third kappa shape index (κ3) is 6.53. The number of aromatic nitrogens is 1. The zero-order valence-electron chi connectivity index (χ0n) is 18.3. The van der Waals surface area contributed by atoms with Crippen molar-refractivity contribution in [1.29, 1.82) is 0 Å². The van der Waals surface area contributed by atoms with Gasteiger partial charge in [-0.15, -0.1) is 24.0 Å². The van der Waals surface area contributed by atoms with Gasteiger partial charge in [0.15, 0.2) is 5.96 Å². The molecule has 1 aliphatic rings. The lowest BCUT2D eigenvalue weighted by molar-refractivity contribution is -0.116. The molecule has 0 bridgehead atoms. The minimum atomic E-state index is -0.294. The van der Waals surface area contributed by atoms with Gasteiger partial charge in [0.1, 0.15) is 12.1 Å². The molecule has 1 amide bonds. The van der Waals surface area contributed by atoms with Crippen LogP contribution in [-0.4, -0.2) is 36.5 Å². The minimum Gasteiger partial charge on any atom is -0.444 e. The maximum absolute atomic E-state index is 13.1. The fraction of sp³-hybridized carbons (Fsp3) is 0.292. The summed E-state index contributed by atoms with van der Waals surface area (Å²) < 4.78 is 18.6. The van der Waals surface area contributed by atoms with Crippen molar-refractivity contribution in [2.45, 2.75) is 25.7 Å². The molecule has 1 unspecified atom stereocenters. The Morgan fingerprint density at radius 2 is 2.00 bits per heavy atom. The Labute approximate surface area is 209 Å². The predicted molar refractivity (Wildman–Crippen MR) is 137 cm³/mol. The number of nitrogens with zero attached hydrogens (tertiary/aromatic N) is 2. The van der Waals surface area contributed by atoms with E-state index in [1.807, 2.05) is 31.2 Å². The first-order valence-electron chi connectivity index (χ1n) is 10.7. The molecule has 0 spiro atoms. The molecule has 7 nitrogen and oxygen atoms in total. The fourth-order valence-electron chi connectivity index (χ4n) is 3.66. The van der Waals surface area contributed by atoms with Crippen LogP contribution in [0.25, 0.3) is 11.5 Å². The number of hydrogen-bond donors (Lipinski definition) is 3. The van der Waals surface area contributed by atoms with E-state index in [9.17, 15) is 9.18 Å². The molecule has 2 heterocycles. The van der Waals surface area contributed by atoms with E-state index in [-0.39, 0.29) is 41.6 Å². The second-order valence-electron chi connectivity index (χ2n) is 7.58. The summed E-state index contributed by atoms with van der Waals surface area (Å²) in [5.41, 5.74) is 3.51.